The number of hydrogen-bond acceptors (Lipinski definition) is 5. The van der Waals surface area contributed by atoms with Crippen LogP contribution in [0.5, 0.6) is 0 Å². The van der Waals surface area contributed by atoms with Gasteiger partial charge in [-0.05, 0) is 44.0 Å². The first-order valence-corrected chi connectivity index (χ1v) is 11.5. The Morgan fingerprint density at radius 1 is 1.12 bits per heavy atom. The summed E-state index contributed by atoms with van der Waals surface area (Å²) in [6.07, 6.45) is 1.01. The van der Waals surface area contributed by atoms with E-state index in [2.05, 4.69) is 16.2 Å². The molecule has 0 saturated carbocycles. The molecule has 0 spiro atoms. The van der Waals surface area contributed by atoms with Crippen molar-refractivity contribution in [2.45, 2.75) is 24.7 Å². The van der Waals surface area contributed by atoms with Crippen LogP contribution in [0, 0.1) is 24.5 Å². The lowest BCUT2D eigenvalue weighted by atomic mass is 9.99. The Hall–Kier alpha value is -2.89. The first kappa shape index (κ1) is 23.8. The van der Waals surface area contributed by atoms with Crippen molar-refractivity contribution in [2.75, 3.05) is 25.0 Å². The van der Waals surface area contributed by atoms with E-state index in [4.69, 9.17) is 0 Å². The second-order valence-corrected chi connectivity index (χ2v) is 9.47. The summed E-state index contributed by atoms with van der Waals surface area (Å²) in [5.41, 5.74) is 5.43. The Morgan fingerprint density at radius 2 is 1.84 bits per heavy atom. The van der Waals surface area contributed by atoms with Gasteiger partial charge in [-0.2, -0.15) is 4.31 Å². The number of rotatable bonds is 7. The Kier molecular flexibility index (Phi) is 7.54. The van der Waals surface area contributed by atoms with E-state index in [-0.39, 0.29) is 23.7 Å². The number of anilines is 1. The van der Waals surface area contributed by atoms with Gasteiger partial charge in [-0.15, -0.1) is 0 Å². The van der Waals surface area contributed by atoms with E-state index in [1.165, 1.54) is 16.4 Å². The number of aryl methyl sites for hydroxylation is 1. The predicted molar refractivity (Wildman–Crippen MR) is 114 cm³/mol. The highest BCUT2D eigenvalue weighted by Gasteiger charge is 2.33. The number of nitrogens with zero attached hydrogens (tertiary/aromatic N) is 1. The van der Waals surface area contributed by atoms with Crippen LogP contribution < -0.4 is 16.2 Å². The molecule has 8 nitrogen and oxygen atoms in total. The first-order valence-electron chi connectivity index (χ1n) is 10.0. The maximum Gasteiger partial charge on any atom is 0.243 e. The largest absolute Gasteiger partial charge is 0.322 e. The molecule has 2 aromatic carbocycles. The molecule has 0 aromatic heterocycles. The van der Waals surface area contributed by atoms with Gasteiger partial charge in [-0.3, -0.25) is 15.0 Å². The second kappa shape index (κ2) is 10.2. The maximum atomic E-state index is 13.6. The Labute approximate surface area is 185 Å². The van der Waals surface area contributed by atoms with E-state index in [0.717, 1.165) is 23.8 Å². The van der Waals surface area contributed by atoms with Crippen LogP contribution in [-0.4, -0.2) is 44.2 Å². The number of carbonyl (C=O) groups excluding carboxylic acids is 2. The fraction of sp³-hybridized carbons (Fsp3) is 0.333. The lowest BCUT2D eigenvalue weighted by Gasteiger charge is -2.31. The Bertz CT molecular complexity index is 1090. The standard InChI is InChI=1S/C21H24F2N4O4S/c1-14-4-7-17(8-5-14)32(30,31)27-10-2-3-15(13-27)21(29)26-24-12-20(28)25-19-11-16(22)6-9-18(19)23/h4-9,11,15,24H,2-3,10,12-13H2,1H3,(H,25,28)(H,26,29)/t15-/m1/s1. The van der Waals surface area contributed by atoms with Crippen molar-refractivity contribution in [1.29, 1.82) is 0 Å². The summed E-state index contributed by atoms with van der Waals surface area (Å²) in [6, 6.07) is 9.16. The molecular formula is C21H24F2N4O4S. The Balaban J connectivity index is 1.51. The summed E-state index contributed by atoms with van der Waals surface area (Å²) in [5.74, 6) is -3.24. The molecule has 11 heteroatoms. The number of carbonyl (C=O) groups is 2. The summed E-state index contributed by atoms with van der Waals surface area (Å²) in [5, 5.41) is 2.20. The van der Waals surface area contributed by atoms with Crippen LogP contribution in [0.2, 0.25) is 0 Å². The van der Waals surface area contributed by atoms with E-state index in [0.29, 0.717) is 19.4 Å². The zero-order valence-electron chi connectivity index (χ0n) is 17.4. The highest BCUT2D eigenvalue weighted by molar-refractivity contribution is 7.89. The zero-order valence-corrected chi connectivity index (χ0v) is 18.2. The van der Waals surface area contributed by atoms with Gasteiger partial charge in [-0.1, -0.05) is 17.7 Å². The number of hydrazine groups is 1. The molecule has 1 atom stereocenters. The number of sulfonamides is 1. The van der Waals surface area contributed by atoms with Gasteiger partial charge in [-0.25, -0.2) is 22.6 Å². The van der Waals surface area contributed by atoms with Gasteiger partial charge in [0.2, 0.25) is 21.8 Å². The molecule has 2 aromatic rings. The van der Waals surface area contributed by atoms with E-state index in [1.54, 1.807) is 12.1 Å². The Morgan fingerprint density at radius 3 is 2.56 bits per heavy atom. The van der Waals surface area contributed by atoms with Crippen molar-refractivity contribution in [3.8, 4) is 0 Å². The average Bonchev–Trinajstić information content (AvgIpc) is 2.76. The topological polar surface area (TPSA) is 108 Å². The summed E-state index contributed by atoms with van der Waals surface area (Å²) in [4.78, 5) is 24.5. The quantitative estimate of drug-likeness (QED) is 0.541. The van der Waals surface area contributed by atoms with Crippen molar-refractivity contribution in [3.63, 3.8) is 0 Å². The smallest absolute Gasteiger partial charge is 0.243 e. The zero-order chi connectivity index (χ0) is 23.3. The van der Waals surface area contributed by atoms with Crippen LogP contribution in [0.15, 0.2) is 47.4 Å². The fourth-order valence-electron chi connectivity index (χ4n) is 3.34. The molecule has 0 unspecified atom stereocenters. The third-order valence-electron chi connectivity index (χ3n) is 5.08. The van der Waals surface area contributed by atoms with Crippen LogP contribution in [0.1, 0.15) is 18.4 Å². The highest BCUT2D eigenvalue weighted by Crippen LogP contribution is 2.24. The number of benzene rings is 2. The highest BCUT2D eigenvalue weighted by atomic mass is 32.2. The summed E-state index contributed by atoms with van der Waals surface area (Å²) < 4.78 is 53.7. The second-order valence-electron chi connectivity index (χ2n) is 7.53. The van der Waals surface area contributed by atoms with E-state index in [1.807, 2.05) is 6.92 Å². The van der Waals surface area contributed by atoms with Gasteiger partial charge in [0.25, 0.3) is 0 Å². The van der Waals surface area contributed by atoms with Crippen molar-refractivity contribution < 1.29 is 26.8 Å². The van der Waals surface area contributed by atoms with Crippen molar-refractivity contribution >= 4 is 27.5 Å². The number of halogens is 2. The molecule has 32 heavy (non-hydrogen) atoms. The van der Waals surface area contributed by atoms with Crippen LogP contribution in [0.3, 0.4) is 0 Å². The van der Waals surface area contributed by atoms with E-state index >= 15 is 0 Å². The molecule has 2 amide bonds. The lowest BCUT2D eigenvalue weighted by Crippen LogP contribution is -2.49. The lowest BCUT2D eigenvalue weighted by molar-refractivity contribution is -0.127. The minimum Gasteiger partial charge on any atom is -0.322 e. The molecule has 3 rings (SSSR count). The van der Waals surface area contributed by atoms with Gasteiger partial charge < -0.3 is 5.32 Å². The number of nitrogens with one attached hydrogen (secondary N) is 3. The normalized spacial score (nSPS) is 17.0. The minimum atomic E-state index is -3.72. The van der Waals surface area contributed by atoms with Crippen LogP contribution in [0.25, 0.3) is 0 Å². The summed E-state index contributed by atoms with van der Waals surface area (Å²) in [7, 11) is -3.72. The number of hydrogen-bond donors (Lipinski definition) is 3. The fourth-order valence-corrected chi connectivity index (χ4v) is 4.86. The molecule has 1 aliphatic rings. The molecule has 0 bridgehead atoms. The van der Waals surface area contributed by atoms with Crippen molar-refractivity contribution in [2.24, 2.45) is 5.92 Å². The molecular weight excluding hydrogens is 442 g/mol. The molecule has 1 fully saturated rings. The molecule has 0 aliphatic carbocycles. The van der Waals surface area contributed by atoms with Gasteiger partial charge in [0.05, 0.1) is 23.0 Å². The molecule has 1 saturated heterocycles. The van der Waals surface area contributed by atoms with Crippen LogP contribution in [-0.2, 0) is 19.6 Å². The summed E-state index contributed by atoms with van der Waals surface area (Å²) in [6.45, 7) is 1.80. The molecule has 3 N–H and O–H groups in total. The predicted octanol–water partition coefficient (Wildman–Crippen LogP) is 1.93. The maximum absolute atomic E-state index is 13.6. The van der Waals surface area contributed by atoms with Gasteiger partial charge in [0.1, 0.15) is 11.6 Å². The summed E-state index contributed by atoms with van der Waals surface area (Å²) >= 11 is 0. The van der Waals surface area contributed by atoms with E-state index < -0.39 is 39.4 Å². The average molecular weight is 467 g/mol. The number of piperidine rings is 1. The van der Waals surface area contributed by atoms with Crippen molar-refractivity contribution in [1.82, 2.24) is 15.2 Å². The van der Waals surface area contributed by atoms with Crippen LogP contribution in [0.4, 0.5) is 14.5 Å². The molecule has 0 radical (unpaired) electrons. The molecule has 172 valence electrons. The molecule has 1 aliphatic heterocycles. The van der Waals surface area contributed by atoms with Crippen molar-refractivity contribution in [3.05, 3.63) is 59.7 Å². The monoisotopic (exact) mass is 466 g/mol. The van der Waals surface area contributed by atoms with Gasteiger partial charge in [0.15, 0.2) is 0 Å². The van der Waals surface area contributed by atoms with Gasteiger partial charge in [0, 0.05) is 19.2 Å². The molecule has 1 heterocycles. The third kappa shape index (κ3) is 5.87. The van der Waals surface area contributed by atoms with E-state index in [9.17, 15) is 26.8 Å². The minimum absolute atomic E-state index is 0.0183. The third-order valence-corrected chi connectivity index (χ3v) is 6.96. The van der Waals surface area contributed by atoms with Crippen LogP contribution >= 0.6 is 0 Å². The van der Waals surface area contributed by atoms with Gasteiger partial charge >= 0.3 is 0 Å². The SMILES string of the molecule is Cc1ccc(S(=O)(=O)N2CCC[C@@H](C(=O)NNCC(=O)Nc3cc(F)ccc3F)C2)cc1. The number of amides is 2. The first-order chi connectivity index (χ1) is 15.2.